The second kappa shape index (κ2) is 6.25. The summed E-state index contributed by atoms with van der Waals surface area (Å²) in [4.78, 5) is 23.8. The number of carbonyl (C=O) groups is 1. The van der Waals surface area contributed by atoms with E-state index in [4.69, 9.17) is 20.8 Å². The van der Waals surface area contributed by atoms with Crippen LogP contribution in [-0.2, 0) is 4.74 Å². The summed E-state index contributed by atoms with van der Waals surface area (Å²) < 4.78 is 15.0. The lowest BCUT2D eigenvalue weighted by Gasteiger charge is -2.09. The Morgan fingerprint density at radius 2 is 1.96 bits per heavy atom. The van der Waals surface area contributed by atoms with Gasteiger partial charge in [-0.05, 0) is 12.1 Å². The number of aromatic hydroxyl groups is 1. The molecule has 0 fully saturated rings. The van der Waals surface area contributed by atoms with Crippen molar-refractivity contribution in [2.45, 2.75) is 0 Å². The third-order valence-electron chi connectivity index (χ3n) is 3.28. The standard InChI is InChI=1S/C17H11ClO6/c1-22-17(21)24-15-7-9(19)6-14-16(15)12(20)8-13(23-14)10-4-2-3-5-11(10)18/h2-8,19H,1H3. The molecule has 6 nitrogen and oxygen atoms in total. The number of fused-ring (bicyclic) bond motifs is 1. The first-order valence-electron chi connectivity index (χ1n) is 6.81. The van der Waals surface area contributed by atoms with Crippen LogP contribution in [0.3, 0.4) is 0 Å². The molecular weight excluding hydrogens is 336 g/mol. The molecule has 3 rings (SSSR count). The van der Waals surface area contributed by atoms with Crippen molar-refractivity contribution in [1.82, 2.24) is 0 Å². The third kappa shape index (κ3) is 2.91. The minimum absolute atomic E-state index is 0.00834. The lowest BCUT2D eigenvalue weighted by Crippen LogP contribution is -2.10. The number of rotatable bonds is 2. The zero-order valence-corrected chi connectivity index (χ0v) is 13.2. The molecule has 0 amide bonds. The quantitative estimate of drug-likeness (QED) is 0.558. The number of hydrogen-bond acceptors (Lipinski definition) is 6. The van der Waals surface area contributed by atoms with Crippen LogP contribution in [0, 0.1) is 0 Å². The molecule has 0 aliphatic rings. The minimum atomic E-state index is -1.02. The second-order valence-electron chi connectivity index (χ2n) is 4.83. The summed E-state index contributed by atoms with van der Waals surface area (Å²) in [6.07, 6.45) is -1.02. The SMILES string of the molecule is COC(=O)Oc1cc(O)cc2oc(-c3ccccc3Cl)cc(=O)c12. The Morgan fingerprint density at radius 1 is 1.21 bits per heavy atom. The van der Waals surface area contributed by atoms with Crippen molar-refractivity contribution >= 4 is 28.7 Å². The summed E-state index contributed by atoms with van der Waals surface area (Å²) in [6.45, 7) is 0. The lowest BCUT2D eigenvalue weighted by atomic mass is 10.1. The molecule has 0 bridgehead atoms. The van der Waals surface area contributed by atoms with E-state index in [2.05, 4.69) is 4.74 Å². The predicted molar refractivity (Wildman–Crippen MR) is 87.6 cm³/mol. The smallest absolute Gasteiger partial charge is 0.508 e. The van der Waals surface area contributed by atoms with Crippen LogP contribution in [0.4, 0.5) is 4.79 Å². The van der Waals surface area contributed by atoms with Crippen molar-refractivity contribution in [3.8, 4) is 22.8 Å². The van der Waals surface area contributed by atoms with E-state index in [1.165, 1.54) is 12.1 Å². The summed E-state index contributed by atoms with van der Waals surface area (Å²) in [5.74, 6) is -0.162. The van der Waals surface area contributed by atoms with Gasteiger partial charge in [0, 0.05) is 23.8 Å². The maximum Gasteiger partial charge on any atom is 0.513 e. The monoisotopic (exact) mass is 346 g/mol. The van der Waals surface area contributed by atoms with Gasteiger partial charge < -0.3 is 19.0 Å². The van der Waals surface area contributed by atoms with Crippen LogP contribution < -0.4 is 10.2 Å². The van der Waals surface area contributed by atoms with Gasteiger partial charge in [0.05, 0.1) is 12.1 Å². The molecule has 0 saturated carbocycles. The topological polar surface area (TPSA) is 86.0 Å². The fourth-order valence-corrected chi connectivity index (χ4v) is 2.47. The van der Waals surface area contributed by atoms with Crippen LogP contribution >= 0.6 is 11.6 Å². The van der Waals surface area contributed by atoms with Crippen molar-refractivity contribution in [1.29, 1.82) is 0 Å². The maximum atomic E-state index is 12.5. The Labute approximate surface area is 140 Å². The largest absolute Gasteiger partial charge is 0.513 e. The number of phenols is 1. The van der Waals surface area contributed by atoms with Crippen LogP contribution in [0.25, 0.3) is 22.3 Å². The van der Waals surface area contributed by atoms with Crippen molar-refractivity contribution in [3.05, 3.63) is 57.7 Å². The number of benzene rings is 2. The molecule has 0 aliphatic carbocycles. The molecular formula is C17H11ClO6. The van der Waals surface area contributed by atoms with Gasteiger partial charge in [0.15, 0.2) is 11.2 Å². The normalized spacial score (nSPS) is 10.6. The van der Waals surface area contributed by atoms with Crippen LogP contribution in [-0.4, -0.2) is 18.4 Å². The Morgan fingerprint density at radius 3 is 2.67 bits per heavy atom. The Balaban J connectivity index is 2.24. The van der Waals surface area contributed by atoms with Gasteiger partial charge in [-0.1, -0.05) is 23.7 Å². The Hall–Kier alpha value is -2.99. The van der Waals surface area contributed by atoms with Crippen LogP contribution in [0.2, 0.25) is 5.02 Å². The lowest BCUT2D eigenvalue weighted by molar-refractivity contribution is 0.122. The van der Waals surface area contributed by atoms with Gasteiger partial charge in [0.25, 0.3) is 0 Å². The van der Waals surface area contributed by atoms with E-state index < -0.39 is 11.6 Å². The number of phenolic OH excluding ortho intramolecular Hbond substituents is 1. The van der Waals surface area contributed by atoms with Crippen LogP contribution in [0.15, 0.2) is 51.7 Å². The third-order valence-corrected chi connectivity index (χ3v) is 3.61. The average molecular weight is 347 g/mol. The summed E-state index contributed by atoms with van der Waals surface area (Å²) >= 11 is 6.12. The Kier molecular flexibility index (Phi) is 4.14. The summed E-state index contributed by atoms with van der Waals surface area (Å²) in [5, 5.41) is 10.2. The molecule has 0 saturated heterocycles. The molecule has 0 radical (unpaired) electrons. The van der Waals surface area contributed by atoms with Crippen LogP contribution in [0.5, 0.6) is 11.5 Å². The highest BCUT2D eigenvalue weighted by Gasteiger charge is 2.17. The maximum absolute atomic E-state index is 12.5. The molecule has 1 heterocycles. The molecule has 0 unspecified atom stereocenters. The predicted octanol–water partition coefficient (Wildman–Crippen LogP) is 3.96. The van der Waals surface area contributed by atoms with E-state index in [1.54, 1.807) is 24.3 Å². The zero-order chi connectivity index (χ0) is 17.3. The number of halogens is 1. The van der Waals surface area contributed by atoms with Crippen LogP contribution in [0.1, 0.15) is 0 Å². The van der Waals surface area contributed by atoms with Crippen molar-refractivity contribution in [2.75, 3.05) is 7.11 Å². The van der Waals surface area contributed by atoms with Crippen molar-refractivity contribution in [3.63, 3.8) is 0 Å². The highest BCUT2D eigenvalue weighted by Crippen LogP contribution is 2.33. The first kappa shape index (κ1) is 15.9. The minimum Gasteiger partial charge on any atom is -0.508 e. The summed E-state index contributed by atoms with van der Waals surface area (Å²) in [5.41, 5.74) is 0.123. The van der Waals surface area contributed by atoms with Crippen molar-refractivity contribution < 1.29 is 23.8 Å². The fraction of sp³-hybridized carbons (Fsp3) is 0.0588. The van der Waals surface area contributed by atoms with E-state index in [-0.39, 0.29) is 28.2 Å². The molecule has 0 spiro atoms. The van der Waals surface area contributed by atoms with E-state index in [9.17, 15) is 14.7 Å². The molecule has 1 aromatic heterocycles. The first-order valence-corrected chi connectivity index (χ1v) is 7.19. The van der Waals surface area contributed by atoms with E-state index in [1.807, 2.05) is 0 Å². The van der Waals surface area contributed by atoms with Gasteiger partial charge in [-0.3, -0.25) is 4.79 Å². The number of ether oxygens (including phenoxy) is 2. The number of methoxy groups -OCH3 is 1. The average Bonchev–Trinajstić information content (AvgIpc) is 2.54. The summed E-state index contributed by atoms with van der Waals surface area (Å²) in [6, 6.07) is 10.5. The zero-order valence-electron chi connectivity index (χ0n) is 12.4. The highest BCUT2D eigenvalue weighted by molar-refractivity contribution is 6.33. The number of carbonyl (C=O) groups excluding carboxylic acids is 1. The molecule has 3 aromatic rings. The van der Waals surface area contributed by atoms with E-state index in [0.717, 1.165) is 13.2 Å². The molecule has 1 N–H and O–H groups in total. The van der Waals surface area contributed by atoms with E-state index in [0.29, 0.717) is 10.6 Å². The molecule has 122 valence electrons. The molecule has 7 heteroatoms. The highest BCUT2D eigenvalue weighted by atomic mass is 35.5. The van der Waals surface area contributed by atoms with Gasteiger partial charge in [0.1, 0.15) is 22.5 Å². The van der Waals surface area contributed by atoms with Gasteiger partial charge >= 0.3 is 6.16 Å². The molecule has 0 atom stereocenters. The molecule has 2 aromatic carbocycles. The summed E-state index contributed by atoms with van der Waals surface area (Å²) in [7, 11) is 1.13. The van der Waals surface area contributed by atoms with Gasteiger partial charge in [-0.15, -0.1) is 0 Å². The first-order chi connectivity index (χ1) is 11.5. The molecule has 24 heavy (non-hydrogen) atoms. The van der Waals surface area contributed by atoms with E-state index >= 15 is 0 Å². The van der Waals surface area contributed by atoms with Gasteiger partial charge in [-0.2, -0.15) is 0 Å². The molecule has 0 aliphatic heterocycles. The fourth-order valence-electron chi connectivity index (χ4n) is 2.24. The van der Waals surface area contributed by atoms with Gasteiger partial charge in [-0.25, -0.2) is 4.79 Å². The van der Waals surface area contributed by atoms with Crippen molar-refractivity contribution in [2.24, 2.45) is 0 Å². The number of hydrogen-bond donors (Lipinski definition) is 1. The Bertz CT molecular complexity index is 992. The van der Waals surface area contributed by atoms with Gasteiger partial charge in [0.2, 0.25) is 0 Å². The second-order valence-corrected chi connectivity index (χ2v) is 5.24.